The summed E-state index contributed by atoms with van der Waals surface area (Å²) in [5.74, 6) is -0.630. The Hall–Kier alpha value is -0.770. The summed E-state index contributed by atoms with van der Waals surface area (Å²) in [6.45, 7) is 7.12. The van der Waals surface area contributed by atoms with Gasteiger partial charge in [0.1, 0.15) is 0 Å². The Morgan fingerprint density at radius 3 is 2.25 bits per heavy atom. The largest absolute Gasteiger partial charge is 0.566 e. The van der Waals surface area contributed by atoms with E-state index in [0.29, 0.717) is 6.42 Å². The van der Waals surface area contributed by atoms with Crippen molar-refractivity contribution < 1.29 is 23.5 Å². The highest BCUT2D eigenvalue weighted by atomic mass is 31.1. The van der Waals surface area contributed by atoms with Crippen LogP contribution in [0.1, 0.15) is 65.2 Å². The van der Waals surface area contributed by atoms with Gasteiger partial charge in [0, 0.05) is 12.0 Å². The van der Waals surface area contributed by atoms with Crippen LogP contribution < -0.4 is 4.89 Å². The van der Waals surface area contributed by atoms with E-state index in [-0.39, 0.29) is 5.57 Å². The second-order valence-corrected chi connectivity index (χ2v) is 5.51. The van der Waals surface area contributed by atoms with E-state index in [9.17, 15) is 14.3 Å². The van der Waals surface area contributed by atoms with Crippen LogP contribution in [0.25, 0.3) is 0 Å². The van der Waals surface area contributed by atoms with Gasteiger partial charge in [0.25, 0.3) is 6.29 Å². The fourth-order valence-corrected chi connectivity index (χ4v) is 2.06. The molecule has 0 heterocycles. The van der Waals surface area contributed by atoms with Crippen LogP contribution in [0.15, 0.2) is 12.2 Å². The van der Waals surface area contributed by atoms with Gasteiger partial charge in [0.2, 0.25) is 0 Å². The molecule has 0 spiro atoms. The number of esters is 1. The van der Waals surface area contributed by atoms with Crippen molar-refractivity contribution in [3.63, 3.8) is 0 Å². The summed E-state index contributed by atoms with van der Waals surface area (Å²) in [6, 6.07) is 0. The molecule has 0 saturated heterocycles. The fourth-order valence-electron chi connectivity index (χ4n) is 1.72. The van der Waals surface area contributed by atoms with Crippen molar-refractivity contribution in [3.05, 3.63) is 12.2 Å². The minimum atomic E-state index is -3.03. The molecule has 116 valence electrons. The number of carbonyl (C=O) groups excluding carboxylic acids is 1. The molecule has 0 bridgehead atoms. The van der Waals surface area contributed by atoms with Gasteiger partial charge in [0.05, 0.1) is 0 Å². The maximum absolute atomic E-state index is 11.3. The van der Waals surface area contributed by atoms with E-state index in [1.165, 1.54) is 32.6 Å². The van der Waals surface area contributed by atoms with E-state index in [4.69, 9.17) is 4.74 Å². The lowest BCUT2D eigenvalue weighted by Gasteiger charge is -2.13. The molecule has 0 aromatic rings. The van der Waals surface area contributed by atoms with E-state index in [2.05, 4.69) is 18.0 Å². The minimum Gasteiger partial charge on any atom is -0.566 e. The Labute approximate surface area is 122 Å². The lowest BCUT2D eigenvalue weighted by atomic mass is 10.1. The molecule has 0 aromatic heterocycles. The first kappa shape index (κ1) is 19.2. The summed E-state index contributed by atoms with van der Waals surface area (Å²) < 4.78 is 20.1. The summed E-state index contributed by atoms with van der Waals surface area (Å²) >= 11 is 0. The average molecular weight is 304 g/mol. The van der Waals surface area contributed by atoms with E-state index in [1.807, 2.05) is 0 Å². The number of hydrogen-bond donors (Lipinski definition) is 0. The van der Waals surface area contributed by atoms with Crippen molar-refractivity contribution in [1.29, 1.82) is 0 Å². The van der Waals surface area contributed by atoms with Gasteiger partial charge in [-0.3, -0.25) is 0 Å². The quantitative estimate of drug-likeness (QED) is 0.181. The molecule has 0 aromatic carbocycles. The van der Waals surface area contributed by atoms with Crippen molar-refractivity contribution in [2.45, 2.75) is 71.5 Å². The van der Waals surface area contributed by atoms with Crippen LogP contribution >= 0.6 is 8.25 Å². The fraction of sp³-hybridized carbons (Fsp3) is 0.786. The Morgan fingerprint density at radius 2 is 1.75 bits per heavy atom. The molecule has 0 aliphatic rings. The van der Waals surface area contributed by atoms with Gasteiger partial charge in [-0.25, -0.2) is 4.79 Å². The first-order valence-corrected chi connectivity index (χ1v) is 8.24. The number of ether oxygens (including phenoxy) is 1. The van der Waals surface area contributed by atoms with E-state index < -0.39 is 20.5 Å². The van der Waals surface area contributed by atoms with Gasteiger partial charge in [-0.2, -0.15) is 0 Å². The normalized spacial score (nSPS) is 12.8. The third-order valence-electron chi connectivity index (χ3n) is 2.83. The van der Waals surface area contributed by atoms with Gasteiger partial charge in [0.15, 0.2) is 0 Å². The van der Waals surface area contributed by atoms with Crippen molar-refractivity contribution in [1.82, 2.24) is 0 Å². The van der Waals surface area contributed by atoms with Crippen LogP contribution in [0.3, 0.4) is 0 Å². The third kappa shape index (κ3) is 11.1. The number of carbonyl (C=O) groups is 1. The first-order chi connectivity index (χ1) is 9.47. The molecule has 0 saturated carbocycles. The maximum atomic E-state index is 11.3. The predicted molar refractivity (Wildman–Crippen MR) is 76.0 cm³/mol. The van der Waals surface area contributed by atoms with E-state index in [1.54, 1.807) is 0 Å². The lowest BCUT2D eigenvalue weighted by Crippen LogP contribution is -2.20. The third-order valence-corrected chi connectivity index (χ3v) is 3.24. The highest BCUT2D eigenvalue weighted by molar-refractivity contribution is 7.30. The monoisotopic (exact) mass is 304 g/mol. The highest BCUT2D eigenvalue weighted by Gasteiger charge is 2.21. The molecular formula is C14H25O5P. The van der Waals surface area contributed by atoms with Crippen LogP contribution in [0, 0.1) is 0 Å². The molecule has 0 radical (unpaired) electrons. The number of hydrogen-bond acceptors (Lipinski definition) is 5. The predicted octanol–water partition coefficient (Wildman–Crippen LogP) is 3.61. The van der Waals surface area contributed by atoms with Gasteiger partial charge >= 0.3 is 14.2 Å². The molecule has 0 rings (SSSR count). The van der Waals surface area contributed by atoms with Crippen molar-refractivity contribution in [2.75, 3.05) is 0 Å². The molecule has 20 heavy (non-hydrogen) atoms. The molecule has 0 aliphatic carbocycles. The summed E-state index contributed by atoms with van der Waals surface area (Å²) in [6.07, 6.45) is 7.07. The molecule has 2 unspecified atom stereocenters. The first-order valence-electron chi connectivity index (χ1n) is 7.15. The summed E-state index contributed by atoms with van der Waals surface area (Å²) in [7, 11) is -3.03. The summed E-state index contributed by atoms with van der Waals surface area (Å²) in [5.41, 5.74) is 0.222. The molecule has 0 N–H and O–H groups in total. The van der Waals surface area contributed by atoms with Crippen LogP contribution in [0.5, 0.6) is 0 Å². The molecule has 5 nitrogen and oxygen atoms in total. The minimum absolute atomic E-state index is 0.222. The topological polar surface area (TPSA) is 75.7 Å². The summed E-state index contributed by atoms with van der Waals surface area (Å²) in [5, 5.41) is 0. The average Bonchev–Trinajstić information content (AvgIpc) is 2.36. The standard InChI is InChI=1S/C14H25O5P/c1-4-5-6-7-8-9-10-11-13(19-20(16)17)18-14(15)12(2)3/h13H,2,4-11H2,1,3H3. The smallest absolute Gasteiger partial charge is 0.492 e. The SMILES string of the molecule is C=C(C)C(=O)OC(CCCCCCCCC)O[P+](=O)[O-]. The maximum Gasteiger partial charge on any atom is 0.492 e. The van der Waals surface area contributed by atoms with Crippen LogP contribution in [0.2, 0.25) is 0 Å². The molecule has 0 aliphatic heterocycles. The molecule has 0 fully saturated rings. The highest BCUT2D eigenvalue weighted by Crippen LogP contribution is 2.20. The summed E-state index contributed by atoms with van der Waals surface area (Å²) in [4.78, 5) is 21.9. The van der Waals surface area contributed by atoms with Gasteiger partial charge in [-0.15, -0.1) is 4.52 Å². The van der Waals surface area contributed by atoms with Crippen LogP contribution in [-0.2, 0) is 18.6 Å². The Bertz CT molecular complexity index is 317. The number of unbranched alkanes of at least 4 members (excludes halogenated alkanes) is 6. The van der Waals surface area contributed by atoms with Crippen molar-refractivity contribution in [3.8, 4) is 0 Å². The molecule has 2 atom stereocenters. The molecule has 6 heteroatoms. The Balaban J connectivity index is 3.89. The zero-order valence-corrected chi connectivity index (χ0v) is 13.3. The van der Waals surface area contributed by atoms with Crippen molar-refractivity contribution in [2.24, 2.45) is 0 Å². The zero-order chi connectivity index (χ0) is 15.4. The van der Waals surface area contributed by atoms with E-state index >= 15 is 0 Å². The van der Waals surface area contributed by atoms with Gasteiger partial charge in [-0.05, 0) is 17.9 Å². The second-order valence-electron chi connectivity index (χ2n) is 4.85. The van der Waals surface area contributed by atoms with Gasteiger partial charge < -0.3 is 9.63 Å². The zero-order valence-electron chi connectivity index (χ0n) is 12.4. The number of rotatable bonds is 12. The lowest BCUT2D eigenvalue weighted by molar-refractivity contribution is -0.206. The van der Waals surface area contributed by atoms with Crippen LogP contribution in [-0.4, -0.2) is 12.3 Å². The Morgan fingerprint density at radius 1 is 1.20 bits per heavy atom. The van der Waals surface area contributed by atoms with Gasteiger partial charge in [-0.1, -0.05) is 52.0 Å². The molecule has 0 amide bonds. The molecular weight excluding hydrogens is 279 g/mol. The Kier molecular flexibility index (Phi) is 11.5. The van der Waals surface area contributed by atoms with E-state index in [0.717, 1.165) is 19.3 Å². The van der Waals surface area contributed by atoms with Crippen LogP contribution in [0.4, 0.5) is 0 Å². The van der Waals surface area contributed by atoms with Crippen molar-refractivity contribution >= 4 is 14.2 Å². The second kappa shape index (κ2) is 12.0.